The highest BCUT2D eigenvalue weighted by Crippen LogP contribution is 2.32. The van der Waals surface area contributed by atoms with Crippen molar-refractivity contribution in [1.29, 1.82) is 0 Å². The van der Waals surface area contributed by atoms with E-state index in [9.17, 15) is 13.4 Å². The topological polar surface area (TPSA) is 120 Å². The predicted octanol–water partition coefficient (Wildman–Crippen LogP) is 1.82. The van der Waals surface area contributed by atoms with E-state index in [4.69, 9.17) is 10.5 Å². The van der Waals surface area contributed by atoms with Crippen molar-refractivity contribution in [2.45, 2.75) is 24.6 Å². The Kier molecular flexibility index (Phi) is 5.41. The van der Waals surface area contributed by atoms with Gasteiger partial charge in [-0.2, -0.15) is 0 Å². The minimum absolute atomic E-state index is 0.0782. The van der Waals surface area contributed by atoms with Gasteiger partial charge in [-0.3, -0.25) is 14.0 Å². The van der Waals surface area contributed by atoms with E-state index in [1.54, 1.807) is 13.8 Å². The average molecular weight is 405 g/mol. The maximum absolute atomic E-state index is 14.4. The molecule has 8 nitrogen and oxygen atoms in total. The van der Waals surface area contributed by atoms with E-state index in [0.717, 1.165) is 0 Å². The first-order valence-electron chi connectivity index (χ1n) is 8.41. The SMILES string of the molecule is COc1cnc(C(=O)Nc2ccc(F)c(C3CS(=O)C(C)(C)C(N)=N3)c2)cn1. The fourth-order valence-corrected chi connectivity index (χ4v) is 3.84. The standard InChI is InChI=1S/C18H20FN5O3S/c1-18(2)17(20)24-14(9-28(18)26)11-6-10(4-5-12(11)19)23-16(25)13-7-22-15(27-3)8-21-13/h4-8,14H,9H2,1-3H3,(H2,20,24)(H,23,25). The van der Waals surface area contributed by atoms with Crippen molar-refractivity contribution in [3.8, 4) is 5.88 Å². The van der Waals surface area contributed by atoms with Crippen molar-refractivity contribution >= 4 is 28.2 Å². The Labute approximate surface area is 163 Å². The molecular weight excluding hydrogens is 385 g/mol. The Morgan fingerprint density at radius 3 is 2.71 bits per heavy atom. The Hall–Kier alpha value is -2.88. The first-order valence-corrected chi connectivity index (χ1v) is 9.73. The predicted molar refractivity (Wildman–Crippen MR) is 104 cm³/mol. The van der Waals surface area contributed by atoms with Crippen molar-refractivity contribution in [3.05, 3.63) is 47.7 Å². The number of ether oxygens (including phenoxy) is 1. The maximum atomic E-state index is 14.4. The molecule has 1 aliphatic heterocycles. The van der Waals surface area contributed by atoms with Crippen LogP contribution in [0.25, 0.3) is 0 Å². The number of nitrogens with two attached hydrogens (primary N) is 1. The molecule has 0 saturated heterocycles. The van der Waals surface area contributed by atoms with E-state index in [0.29, 0.717) is 5.69 Å². The fraction of sp³-hybridized carbons (Fsp3) is 0.333. The number of amidine groups is 1. The highest BCUT2D eigenvalue weighted by atomic mass is 32.2. The number of rotatable bonds is 4. The highest BCUT2D eigenvalue weighted by molar-refractivity contribution is 7.87. The molecule has 28 heavy (non-hydrogen) atoms. The third-order valence-electron chi connectivity index (χ3n) is 4.47. The Morgan fingerprint density at radius 2 is 2.11 bits per heavy atom. The lowest BCUT2D eigenvalue weighted by Gasteiger charge is -2.31. The summed E-state index contributed by atoms with van der Waals surface area (Å²) in [6.07, 6.45) is 2.59. The smallest absolute Gasteiger partial charge is 0.275 e. The molecule has 1 aromatic heterocycles. The van der Waals surface area contributed by atoms with Crippen molar-refractivity contribution in [3.63, 3.8) is 0 Å². The molecule has 1 amide bonds. The van der Waals surface area contributed by atoms with Gasteiger partial charge in [0, 0.05) is 22.1 Å². The molecule has 10 heteroatoms. The minimum Gasteiger partial charge on any atom is -0.480 e. The zero-order chi connectivity index (χ0) is 20.5. The zero-order valence-corrected chi connectivity index (χ0v) is 16.4. The van der Waals surface area contributed by atoms with Gasteiger partial charge in [0.1, 0.15) is 17.3 Å². The summed E-state index contributed by atoms with van der Waals surface area (Å²) in [5.74, 6) is -0.385. The van der Waals surface area contributed by atoms with Crippen molar-refractivity contribution in [2.24, 2.45) is 10.7 Å². The lowest BCUT2D eigenvalue weighted by atomic mass is 10.1. The molecule has 0 bridgehead atoms. The molecule has 0 spiro atoms. The van der Waals surface area contributed by atoms with Crippen LogP contribution in [0.2, 0.25) is 0 Å². The van der Waals surface area contributed by atoms with E-state index in [1.807, 2.05) is 0 Å². The number of hydrogen-bond donors (Lipinski definition) is 2. The van der Waals surface area contributed by atoms with Crippen LogP contribution in [0, 0.1) is 5.82 Å². The lowest BCUT2D eigenvalue weighted by molar-refractivity contribution is 0.102. The molecule has 3 N–H and O–H groups in total. The zero-order valence-electron chi connectivity index (χ0n) is 15.6. The largest absolute Gasteiger partial charge is 0.480 e. The summed E-state index contributed by atoms with van der Waals surface area (Å²) in [6.45, 7) is 3.47. The summed E-state index contributed by atoms with van der Waals surface area (Å²) in [6, 6.07) is 3.41. The highest BCUT2D eigenvalue weighted by Gasteiger charge is 2.37. The molecular formula is C18H20FN5O3S. The van der Waals surface area contributed by atoms with E-state index in [-0.39, 0.29) is 28.7 Å². The summed E-state index contributed by atoms with van der Waals surface area (Å²) < 4.78 is 31.0. The van der Waals surface area contributed by atoms with Gasteiger partial charge in [-0.15, -0.1) is 0 Å². The van der Waals surface area contributed by atoms with Gasteiger partial charge in [0.2, 0.25) is 5.88 Å². The van der Waals surface area contributed by atoms with Crippen LogP contribution in [0.3, 0.4) is 0 Å². The molecule has 2 unspecified atom stereocenters. The van der Waals surface area contributed by atoms with E-state index >= 15 is 0 Å². The molecule has 1 aliphatic rings. The molecule has 0 aliphatic carbocycles. The van der Waals surface area contributed by atoms with Crippen LogP contribution in [0.15, 0.2) is 35.6 Å². The van der Waals surface area contributed by atoms with Gasteiger partial charge in [-0.05, 0) is 32.0 Å². The second kappa shape index (κ2) is 7.63. The van der Waals surface area contributed by atoms with Gasteiger partial charge in [0.05, 0.1) is 36.0 Å². The summed E-state index contributed by atoms with van der Waals surface area (Å²) in [7, 11) is 0.133. The average Bonchev–Trinajstić information content (AvgIpc) is 2.67. The summed E-state index contributed by atoms with van der Waals surface area (Å²) >= 11 is 0. The van der Waals surface area contributed by atoms with Crippen molar-refractivity contribution in [1.82, 2.24) is 9.97 Å². The molecule has 3 rings (SSSR count). The normalized spacial score (nSPS) is 20.9. The molecule has 0 radical (unpaired) electrons. The third-order valence-corrected chi connectivity index (χ3v) is 6.44. The van der Waals surface area contributed by atoms with Gasteiger partial charge in [0.25, 0.3) is 5.91 Å². The number of carbonyl (C=O) groups is 1. The van der Waals surface area contributed by atoms with Crippen LogP contribution >= 0.6 is 0 Å². The van der Waals surface area contributed by atoms with Crippen LogP contribution < -0.4 is 15.8 Å². The molecule has 1 aromatic carbocycles. The van der Waals surface area contributed by atoms with Crippen LogP contribution in [0.5, 0.6) is 5.88 Å². The Morgan fingerprint density at radius 1 is 1.36 bits per heavy atom. The number of benzene rings is 1. The molecule has 0 fully saturated rings. The molecule has 2 heterocycles. The number of anilines is 1. The van der Waals surface area contributed by atoms with Crippen molar-refractivity contribution in [2.75, 3.05) is 18.2 Å². The van der Waals surface area contributed by atoms with Gasteiger partial charge < -0.3 is 15.8 Å². The van der Waals surface area contributed by atoms with Crippen LogP contribution in [0.1, 0.15) is 35.9 Å². The van der Waals surface area contributed by atoms with Crippen LogP contribution in [0.4, 0.5) is 10.1 Å². The van der Waals surface area contributed by atoms with Gasteiger partial charge in [-0.1, -0.05) is 0 Å². The second-order valence-corrected chi connectivity index (χ2v) is 8.73. The first-order chi connectivity index (χ1) is 13.2. The van der Waals surface area contributed by atoms with E-state index < -0.39 is 33.3 Å². The number of halogens is 1. The monoisotopic (exact) mass is 405 g/mol. The number of nitrogens with one attached hydrogen (secondary N) is 1. The maximum Gasteiger partial charge on any atom is 0.275 e. The molecule has 2 atom stereocenters. The van der Waals surface area contributed by atoms with Gasteiger partial charge in [-0.25, -0.2) is 14.4 Å². The first kappa shape index (κ1) is 19.9. The van der Waals surface area contributed by atoms with Crippen LogP contribution in [-0.4, -0.2) is 43.5 Å². The lowest BCUT2D eigenvalue weighted by Crippen LogP contribution is -2.47. The third kappa shape index (κ3) is 3.86. The quantitative estimate of drug-likeness (QED) is 0.801. The minimum atomic E-state index is -1.31. The van der Waals surface area contributed by atoms with E-state index in [1.165, 1.54) is 37.7 Å². The van der Waals surface area contributed by atoms with E-state index in [2.05, 4.69) is 20.3 Å². The fourth-order valence-electron chi connectivity index (χ4n) is 2.60. The Balaban J connectivity index is 1.84. The number of hydrogen-bond acceptors (Lipinski definition) is 7. The second-order valence-electron chi connectivity index (χ2n) is 6.69. The number of amides is 1. The molecule has 0 saturated carbocycles. The molecule has 148 valence electrons. The van der Waals surface area contributed by atoms with Gasteiger partial charge in [0.15, 0.2) is 0 Å². The van der Waals surface area contributed by atoms with Gasteiger partial charge >= 0.3 is 0 Å². The Bertz CT molecular complexity index is 962. The summed E-state index contributed by atoms with van der Waals surface area (Å²) in [5, 5.41) is 2.64. The summed E-state index contributed by atoms with van der Waals surface area (Å²) in [4.78, 5) is 24.5. The van der Waals surface area contributed by atoms with Crippen molar-refractivity contribution < 1.29 is 18.1 Å². The van der Waals surface area contributed by atoms with Crippen LogP contribution in [-0.2, 0) is 10.8 Å². The number of methoxy groups -OCH3 is 1. The summed E-state index contributed by atoms with van der Waals surface area (Å²) in [5.41, 5.74) is 6.58. The number of carbonyl (C=O) groups excluding carboxylic acids is 1. The molecule has 2 aromatic rings. The number of nitrogens with zero attached hydrogens (tertiary/aromatic N) is 3. The number of aliphatic imine (C=N–C) groups is 1. The number of aromatic nitrogens is 2.